The number of rotatable bonds is 4. The van der Waals surface area contributed by atoms with Gasteiger partial charge in [0.25, 0.3) is 0 Å². The van der Waals surface area contributed by atoms with E-state index in [1.165, 1.54) is 0 Å². The number of fused-ring (bicyclic) bond motifs is 1. The summed E-state index contributed by atoms with van der Waals surface area (Å²) in [5.74, 6) is 1.48. The first kappa shape index (κ1) is 18.5. The molecule has 26 heavy (non-hydrogen) atoms. The minimum Gasteiger partial charge on any atom is -0.486 e. The van der Waals surface area contributed by atoms with E-state index in [4.69, 9.17) is 9.47 Å². The zero-order valence-electron chi connectivity index (χ0n) is 15.7. The fourth-order valence-electron chi connectivity index (χ4n) is 3.23. The monoisotopic (exact) mass is 361 g/mol. The number of nitrogens with zero attached hydrogens (tertiary/aromatic N) is 2. The van der Waals surface area contributed by atoms with Crippen molar-refractivity contribution in [1.29, 1.82) is 0 Å². The summed E-state index contributed by atoms with van der Waals surface area (Å²) in [5.41, 5.74) is 0.694. The van der Waals surface area contributed by atoms with Crippen LogP contribution >= 0.6 is 0 Å². The van der Waals surface area contributed by atoms with Gasteiger partial charge >= 0.3 is 0 Å². The lowest BCUT2D eigenvalue weighted by atomic mass is 10.1. The number of piperazine rings is 1. The molecule has 1 aromatic carbocycles. The molecule has 0 spiro atoms. The zero-order valence-corrected chi connectivity index (χ0v) is 15.7. The van der Waals surface area contributed by atoms with Gasteiger partial charge in [-0.25, -0.2) is 0 Å². The summed E-state index contributed by atoms with van der Waals surface area (Å²) in [5, 5.41) is 2.94. The lowest BCUT2D eigenvalue weighted by Gasteiger charge is -2.38. The third-order valence-electron chi connectivity index (χ3n) is 4.86. The van der Waals surface area contributed by atoms with Gasteiger partial charge in [0.05, 0.1) is 6.04 Å². The summed E-state index contributed by atoms with van der Waals surface area (Å²) in [4.78, 5) is 28.7. The smallest absolute Gasteiger partial charge is 0.241 e. The fourth-order valence-corrected chi connectivity index (χ4v) is 3.23. The Morgan fingerprint density at radius 1 is 1.00 bits per heavy atom. The molecule has 3 rings (SSSR count). The van der Waals surface area contributed by atoms with Crippen molar-refractivity contribution < 1.29 is 19.1 Å². The van der Waals surface area contributed by atoms with Crippen LogP contribution in [0.5, 0.6) is 11.5 Å². The van der Waals surface area contributed by atoms with Crippen LogP contribution in [-0.2, 0) is 9.59 Å². The Bertz CT molecular complexity index is 669. The molecule has 2 heterocycles. The van der Waals surface area contributed by atoms with E-state index in [1.54, 1.807) is 6.07 Å². The van der Waals surface area contributed by atoms with Crippen molar-refractivity contribution >= 4 is 17.5 Å². The van der Waals surface area contributed by atoms with Gasteiger partial charge in [0.1, 0.15) is 13.2 Å². The Balaban J connectivity index is 1.54. The van der Waals surface area contributed by atoms with Crippen LogP contribution in [0.4, 0.5) is 5.69 Å². The minimum atomic E-state index is -0.264. The third-order valence-corrected chi connectivity index (χ3v) is 4.86. The molecule has 0 unspecified atom stereocenters. The molecule has 2 aliphatic rings. The van der Waals surface area contributed by atoms with Crippen molar-refractivity contribution in [3.05, 3.63) is 18.2 Å². The van der Waals surface area contributed by atoms with E-state index in [1.807, 2.05) is 37.8 Å². The first-order valence-corrected chi connectivity index (χ1v) is 9.19. The number of ether oxygens (including phenoxy) is 2. The number of nitrogens with one attached hydrogen (secondary N) is 1. The summed E-state index contributed by atoms with van der Waals surface area (Å²) in [6.45, 7) is 9.52. The number of hydrogen-bond acceptors (Lipinski definition) is 5. The van der Waals surface area contributed by atoms with E-state index in [0.717, 1.165) is 0 Å². The van der Waals surface area contributed by atoms with Gasteiger partial charge in [-0.3, -0.25) is 14.5 Å². The number of benzene rings is 1. The summed E-state index contributed by atoms with van der Waals surface area (Å²) in [6.07, 6.45) is 0. The maximum absolute atomic E-state index is 12.6. The number of hydrogen-bond donors (Lipinski definition) is 1. The van der Waals surface area contributed by atoms with E-state index >= 15 is 0 Å². The second kappa shape index (κ2) is 7.95. The van der Waals surface area contributed by atoms with E-state index in [0.29, 0.717) is 56.6 Å². The Kier molecular flexibility index (Phi) is 5.66. The van der Waals surface area contributed by atoms with Crippen molar-refractivity contribution in [1.82, 2.24) is 9.80 Å². The molecule has 0 aromatic heterocycles. The van der Waals surface area contributed by atoms with E-state index in [9.17, 15) is 9.59 Å². The van der Waals surface area contributed by atoms with E-state index < -0.39 is 0 Å². The molecular weight excluding hydrogens is 334 g/mol. The topological polar surface area (TPSA) is 71.1 Å². The summed E-state index contributed by atoms with van der Waals surface area (Å²) in [6, 6.07) is 5.15. The van der Waals surface area contributed by atoms with Crippen LogP contribution in [0.3, 0.4) is 0 Å². The molecule has 1 N–H and O–H groups in total. The number of anilines is 1. The maximum Gasteiger partial charge on any atom is 0.241 e. The molecule has 0 aliphatic carbocycles. The van der Waals surface area contributed by atoms with Crippen LogP contribution in [0, 0.1) is 5.92 Å². The van der Waals surface area contributed by atoms with Gasteiger partial charge in [0.15, 0.2) is 11.5 Å². The molecule has 0 bridgehead atoms. The average Bonchev–Trinajstić information content (AvgIpc) is 2.66. The highest BCUT2D eigenvalue weighted by Crippen LogP contribution is 2.32. The van der Waals surface area contributed by atoms with Crippen molar-refractivity contribution in [2.75, 3.05) is 44.7 Å². The average molecular weight is 361 g/mol. The zero-order chi connectivity index (χ0) is 18.7. The first-order chi connectivity index (χ1) is 12.5. The van der Waals surface area contributed by atoms with Crippen molar-refractivity contribution in [3.8, 4) is 11.5 Å². The van der Waals surface area contributed by atoms with Crippen LogP contribution in [-0.4, -0.2) is 67.0 Å². The predicted octanol–water partition coefficient (Wildman–Crippen LogP) is 1.58. The van der Waals surface area contributed by atoms with Gasteiger partial charge in [-0.1, -0.05) is 13.8 Å². The second-order valence-electron chi connectivity index (χ2n) is 7.04. The summed E-state index contributed by atoms with van der Waals surface area (Å²) < 4.78 is 11.0. The van der Waals surface area contributed by atoms with E-state index in [-0.39, 0.29) is 23.8 Å². The Morgan fingerprint density at radius 2 is 1.65 bits per heavy atom. The first-order valence-electron chi connectivity index (χ1n) is 9.19. The van der Waals surface area contributed by atoms with E-state index in [2.05, 4.69) is 10.2 Å². The maximum atomic E-state index is 12.6. The van der Waals surface area contributed by atoms with Crippen LogP contribution in [0.15, 0.2) is 18.2 Å². The number of carbonyl (C=O) groups is 2. The Labute approximate surface area is 154 Å². The SMILES string of the molecule is CC(C)C(=O)N1CCN([C@H](C)C(=O)Nc2ccc3c(c2)OCCO3)CC1. The molecule has 2 amide bonds. The van der Waals surface area contributed by atoms with Crippen LogP contribution in [0.1, 0.15) is 20.8 Å². The van der Waals surface area contributed by atoms with Gasteiger partial charge in [0, 0.05) is 43.9 Å². The van der Waals surface area contributed by atoms with Gasteiger partial charge < -0.3 is 19.7 Å². The van der Waals surface area contributed by atoms with Gasteiger partial charge in [0.2, 0.25) is 11.8 Å². The molecule has 0 radical (unpaired) electrons. The van der Waals surface area contributed by atoms with Crippen molar-refractivity contribution in [2.45, 2.75) is 26.8 Å². The molecule has 1 fully saturated rings. The minimum absolute atomic E-state index is 0.0116. The molecule has 0 saturated carbocycles. The lowest BCUT2D eigenvalue weighted by molar-refractivity contribution is -0.136. The number of amides is 2. The van der Waals surface area contributed by atoms with Gasteiger partial charge in [-0.15, -0.1) is 0 Å². The molecular formula is C19H27N3O4. The molecule has 7 nitrogen and oxygen atoms in total. The van der Waals surface area contributed by atoms with Gasteiger partial charge in [-0.2, -0.15) is 0 Å². The molecule has 142 valence electrons. The second-order valence-corrected chi connectivity index (χ2v) is 7.04. The lowest BCUT2D eigenvalue weighted by Crippen LogP contribution is -2.54. The largest absolute Gasteiger partial charge is 0.486 e. The van der Waals surface area contributed by atoms with Crippen LogP contribution in [0.25, 0.3) is 0 Å². The summed E-state index contributed by atoms with van der Waals surface area (Å²) >= 11 is 0. The van der Waals surface area contributed by atoms with Crippen molar-refractivity contribution in [3.63, 3.8) is 0 Å². The fraction of sp³-hybridized carbons (Fsp3) is 0.579. The highest BCUT2D eigenvalue weighted by molar-refractivity contribution is 5.94. The summed E-state index contributed by atoms with van der Waals surface area (Å²) in [7, 11) is 0. The molecule has 1 saturated heterocycles. The molecule has 1 aromatic rings. The van der Waals surface area contributed by atoms with Gasteiger partial charge in [-0.05, 0) is 19.1 Å². The Hall–Kier alpha value is -2.28. The highest BCUT2D eigenvalue weighted by atomic mass is 16.6. The normalized spacial score (nSPS) is 18.5. The quantitative estimate of drug-likeness (QED) is 0.882. The number of carbonyl (C=O) groups excluding carboxylic acids is 2. The predicted molar refractivity (Wildman–Crippen MR) is 98.5 cm³/mol. The molecule has 7 heteroatoms. The van der Waals surface area contributed by atoms with Crippen molar-refractivity contribution in [2.24, 2.45) is 5.92 Å². The van der Waals surface area contributed by atoms with Crippen LogP contribution in [0.2, 0.25) is 0 Å². The van der Waals surface area contributed by atoms with Crippen LogP contribution < -0.4 is 14.8 Å². The standard InChI is InChI=1S/C19H27N3O4/c1-13(2)19(24)22-8-6-21(7-9-22)14(3)18(23)20-15-4-5-16-17(12-15)26-11-10-25-16/h4-5,12-14H,6-11H2,1-3H3,(H,20,23)/t14-/m1/s1. The molecule has 1 atom stereocenters. The Morgan fingerprint density at radius 3 is 2.31 bits per heavy atom. The third kappa shape index (κ3) is 4.09. The molecule has 2 aliphatic heterocycles. The highest BCUT2D eigenvalue weighted by Gasteiger charge is 2.28.